The Bertz CT molecular complexity index is 690. The van der Waals surface area contributed by atoms with Gasteiger partial charge in [-0.05, 0) is 30.2 Å². The van der Waals surface area contributed by atoms with E-state index in [-0.39, 0.29) is 0 Å². The van der Waals surface area contributed by atoms with Crippen molar-refractivity contribution in [3.8, 4) is 11.6 Å². The minimum absolute atomic E-state index is 0.316. The summed E-state index contributed by atoms with van der Waals surface area (Å²) in [5.41, 5.74) is 7.87. The number of carbonyl (C=O) groups is 1. The summed E-state index contributed by atoms with van der Waals surface area (Å²) in [7, 11) is 0. The lowest BCUT2D eigenvalue weighted by Crippen LogP contribution is -2.26. The van der Waals surface area contributed by atoms with E-state index in [9.17, 15) is 4.79 Å². The van der Waals surface area contributed by atoms with Crippen LogP contribution in [0.5, 0.6) is 11.6 Å². The van der Waals surface area contributed by atoms with Crippen molar-refractivity contribution in [3.63, 3.8) is 0 Å². The Kier molecular flexibility index (Phi) is 3.41. The molecular formula is C14H14N4O3. The fourth-order valence-corrected chi connectivity index (χ4v) is 2.31. The molecule has 0 atom stereocenters. The van der Waals surface area contributed by atoms with Crippen LogP contribution in [-0.4, -0.2) is 27.7 Å². The van der Waals surface area contributed by atoms with Crippen molar-refractivity contribution >= 4 is 11.8 Å². The molecule has 2 aromatic rings. The van der Waals surface area contributed by atoms with Crippen LogP contribution in [0.1, 0.15) is 11.3 Å². The van der Waals surface area contributed by atoms with Gasteiger partial charge in [0.05, 0.1) is 11.4 Å². The Morgan fingerprint density at radius 3 is 3.00 bits per heavy atom. The van der Waals surface area contributed by atoms with Gasteiger partial charge < -0.3 is 15.6 Å². The number of carboxylic acid groups (broad SMARTS) is 1. The molecule has 7 heteroatoms. The Hall–Kier alpha value is -2.67. The van der Waals surface area contributed by atoms with E-state index < -0.39 is 6.09 Å². The standard InChI is InChI=1S/C14H14N4O3/c15-7-10-6-13(17-8-16-10)21-11-1-2-12-9(5-11)3-4-18(12)14(19)20/h1-2,5-6,8H,3-4,7,15H2,(H,19,20). The van der Waals surface area contributed by atoms with Crippen LogP contribution in [-0.2, 0) is 13.0 Å². The van der Waals surface area contributed by atoms with Crippen molar-refractivity contribution in [1.29, 1.82) is 0 Å². The Labute approximate surface area is 121 Å². The molecule has 0 radical (unpaired) electrons. The molecule has 0 unspecified atom stereocenters. The second-order valence-electron chi connectivity index (χ2n) is 4.63. The van der Waals surface area contributed by atoms with Gasteiger partial charge in [0.15, 0.2) is 0 Å². The van der Waals surface area contributed by atoms with E-state index >= 15 is 0 Å². The molecule has 0 bridgehead atoms. The van der Waals surface area contributed by atoms with Crippen molar-refractivity contribution in [1.82, 2.24) is 9.97 Å². The molecule has 0 saturated carbocycles. The topological polar surface area (TPSA) is 102 Å². The van der Waals surface area contributed by atoms with Crippen LogP contribution in [0.4, 0.5) is 10.5 Å². The molecule has 0 aliphatic carbocycles. The highest BCUT2D eigenvalue weighted by Gasteiger charge is 2.24. The van der Waals surface area contributed by atoms with Crippen LogP contribution in [0.3, 0.4) is 0 Å². The van der Waals surface area contributed by atoms with Crippen LogP contribution in [0.15, 0.2) is 30.6 Å². The van der Waals surface area contributed by atoms with Crippen LogP contribution in [0.2, 0.25) is 0 Å². The normalized spacial score (nSPS) is 13.1. The maximum absolute atomic E-state index is 11.1. The summed E-state index contributed by atoms with van der Waals surface area (Å²) in [6.07, 6.45) is 1.14. The minimum Gasteiger partial charge on any atom is -0.465 e. The van der Waals surface area contributed by atoms with E-state index in [1.165, 1.54) is 11.2 Å². The number of aromatic nitrogens is 2. The van der Waals surface area contributed by atoms with Crippen LogP contribution in [0.25, 0.3) is 0 Å². The predicted octanol–water partition coefficient (Wildman–Crippen LogP) is 1.77. The summed E-state index contributed by atoms with van der Waals surface area (Å²) < 4.78 is 5.67. The first-order valence-electron chi connectivity index (χ1n) is 6.49. The van der Waals surface area contributed by atoms with Gasteiger partial charge in [-0.2, -0.15) is 0 Å². The van der Waals surface area contributed by atoms with Gasteiger partial charge >= 0.3 is 6.09 Å². The third-order valence-electron chi connectivity index (χ3n) is 3.31. The average molecular weight is 286 g/mol. The number of ether oxygens (including phenoxy) is 1. The number of nitrogens with two attached hydrogens (primary N) is 1. The molecule has 21 heavy (non-hydrogen) atoms. The molecule has 3 rings (SSSR count). The van der Waals surface area contributed by atoms with E-state index in [2.05, 4.69) is 9.97 Å². The highest BCUT2D eigenvalue weighted by molar-refractivity contribution is 5.89. The second kappa shape index (κ2) is 5.37. The lowest BCUT2D eigenvalue weighted by Gasteiger charge is -2.13. The van der Waals surface area contributed by atoms with Crippen LogP contribution in [0, 0.1) is 0 Å². The molecular weight excluding hydrogens is 272 g/mol. The summed E-state index contributed by atoms with van der Waals surface area (Å²) in [5.74, 6) is 1.03. The van der Waals surface area contributed by atoms with Crippen molar-refractivity contribution in [2.24, 2.45) is 5.73 Å². The predicted molar refractivity (Wildman–Crippen MR) is 75.5 cm³/mol. The molecule has 3 N–H and O–H groups in total. The zero-order valence-electron chi connectivity index (χ0n) is 11.2. The lowest BCUT2D eigenvalue weighted by molar-refractivity contribution is 0.202. The number of benzene rings is 1. The van der Waals surface area contributed by atoms with Gasteiger partial charge in [-0.25, -0.2) is 14.8 Å². The summed E-state index contributed by atoms with van der Waals surface area (Å²) in [5, 5.41) is 9.09. The van der Waals surface area contributed by atoms with Gasteiger partial charge in [0.25, 0.3) is 0 Å². The van der Waals surface area contributed by atoms with Gasteiger partial charge in [0.1, 0.15) is 12.1 Å². The quantitative estimate of drug-likeness (QED) is 0.891. The highest BCUT2D eigenvalue weighted by Crippen LogP contribution is 2.32. The van der Waals surface area contributed by atoms with Crippen molar-refractivity contribution < 1.29 is 14.6 Å². The Morgan fingerprint density at radius 1 is 1.38 bits per heavy atom. The molecule has 7 nitrogen and oxygen atoms in total. The van der Waals surface area contributed by atoms with E-state index in [1.54, 1.807) is 18.2 Å². The fourth-order valence-electron chi connectivity index (χ4n) is 2.31. The molecule has 1 aromatic carbocycles. The van der Waals surface area contributed by atoms with Crippen molar-refractivity contribution in [3.05, 3.63) is 41.9 Å². The Morgan fingerprint density at radius 2 is 2.24 bits per heavy atom. The lowest BCUT2D eigenvalue weighted by atomic mass is 10.1. The van der Waals surface area contributed by atoms with Crippen LogP contribution < -0.4 is 15.4 Å². The van der Waals surface area contributed by atoms with Gasteiger partial charge in [-0.1, -0.05) is 0 Å². The van der Waals surface area contributed by atoms with E-state index in [0.29, 0.717) is 42.5 Å². The first-order chi connectivity index (χ1) is 10.2. The molecule has 0 fully saturated rings. The second-order valence-corrected chi connectivity index (χ2v) is 4.63. The third-order valence-corrected chi connectivity index (χ3v) is 3.31. The number of anilines is 1. The van der Waals surface area contributed by atoms with Gasteiger partial charge in [0.2, 0.25) is 5.88 Å². The number of nitrogens with zero attached hydrogens (tertiary/aromatic N) is 3. The first-order valence-corrected chi connectivity index (χ1v) is 6.49. The smallest absolute Gasteiger partial charge is 0.411 e. The maximum atomic E-state index is 11.1. The zero-order chi connectivity index (χ0) is 14.8. The molecule has 1 aliphatic rings. The molecule has 1 aliphatic heterocycles. The summed E-state index contributed by atoms with van der Waals surface area (Å²) >= 11 is 0. The monoisotopic (exact) mass is 286 g/mol. The highest BCUT2D eigenvalue weighted by atomic mass is 16.5. The Balaban J connectivity index is 1.83. The number of hydrogen-bond acceptors (Lipinski definition) is 5. The SMILES string of the molecule is NCc1cc(Oc2ccc3c(c2)CCN3C(=O)O)ncn1. The number of fused-ring (bicyclic) bond motifs is 1. The van der Waals surface area contributed by atoms with Gasteiger partial charge in [-0.15, -0.1) is 0 Å². The molecule has 0 spiro atoms. The summed E-state index contributed by atoms with van der Waals surface area (Å²) in [4.78, 5) is 20.4. The van der Waals surface area contributed by atoms with E-state index in [0.717, 1.165) is 5.56 Å². The number of rotatable bonds is 3. The fraction of sp³-hybridized carbons (Fsp3) is 0.214. The van der Waals surface area contributed by atoms with Gasteiger partial charge in [0, 0.05) is 19.2 Å². The largest absolute Gasteiger partial charge is 0.465 e. The number of hydrogen-bond donors (Lipinski definition) is 2. The minimum atomic E-state index is -0.939. The average Bonchev–Trinajstić information content (AvgIpc) is 2.90. The molecule has 1 amide bonds. The molecule has 0 saturated heterocycles. The first kappa shape index (κ1) is 13.3. The van der Waals surface area contributed by atoms with Crippen molar-refractivity contribution in [2.45, 2.75) is 13.0 Å². The summed E-state index contributed by atoms with van der Waals surface area (Å²) in [6.45, 7) is 0.787. The molecule has 2 heterocycles. The van der Waals surface area contributed by atoms with Gasteiger partial charge in [-0.3, -0.25) is 4.90 Å². The van der Waals surface area contributed by atoms with E-state index in [4.69, 9.17) is 15.6 Å². The molecule has 1 aromatic heterocycles. The van der Waals surface area contributed by atoms with Crippen LogP contribution >= 0.6 is 0 Å². The third kappa shape index (κ3) is 2.63. The maximum Gasteiger partial charge on any atom is 0.411 e. The zero-order valence-corrected chi connectivity index (χ0v) is 11.2. The van der Waals surface area contributed by atoms with Crippen molar-refractivity contribution in [2.75, 3.05) is 11.4 Å². The number of amides is 1. The van der Waals surface area contributed by atoms with E-state index in [1.807, 2.05) is 6.07 Å². The molecule has 108 valence electrons. The summed E-state index contributed by atoms with van der Waals surface area (Å²) in [6, 6.07) is 6.99.